The molecule has 0 unspecified atom stereocenters. The molecule has 0 saturated carbocycles. The topological polar surface area (TPSA) is 56.7 Å². The minimum absolute atomic E-state index is 0.760. The molecule has 4 nitrogen and oxygen atoms in total. The lowest BCUT2D eigenvalue weighted by molar-refractivity contribution is 0.819. The van der Waals surface area contributed by atoms with Gasteiger partial charge >= 0.3 is 0 Å². The standard InChI is InChI=1S/C13H12N4/c1-9-8-10(14)6-7-12(9)17-13-5-3-2-4-11(13)15-16-17/h2-8H,14H2,1H3. The number of rotatable bonds is 1. The second-order valence-electron chi connectivity index (χ2n) is 4.04. The first-order valence-corrected chi connectivity index (χ1v) is 5.42. The Kier molecular flexibility index (Phi) is 2.08. The number of aryl methyl sites for hydroxylation is 1. The molecule has 0 aliphatic rings. The molecular weight excluding hydrogens is 212 g/mol. The largest absolute Gasteiger partial charge is 0.399 e. The van der Waals surface area contributed by atoms with Crippen molar-refractivity contribution in [1.29, 1.82) is 0 Å². The van der Waals surface area contributed by atoms with Gasteiger partial charge in [-0.05, 0) is 42.8 Å². The quantitative estimate of drug-likeness (QED) is 0.645. The molecule has 4 heteroatoms. The summed E-state index contributed by atoms with van der Waals surface area (Å²) in [6, 6.07) is 13.7. The van der Waals surface area contributed by atoms with Crippen LogP contribution in [0.2, 0.25) is 0 Å². The van der Waals surface area contributed by atoms with Crippen molar-refractivity contribution in [3.05, 3.63) is 48.0 Å². The van der Waals surface area contributed by atoms with Crippen LogP contribution in [0.3, 0.4) is 0 Å². The van der Waals surface area contributed by atoms with Gasteiger partial charge in [0.2, 0.25) is 0 Å². The number of aromatic nitrogens is 3. The molecule has 0 amide bonds. The molecule has 0 aliphatic heterocycles. The van der Waals surface area contributed by atoms with E-state index in [2.05, 4.69) is 10.3 Å². The van der Waals surface area contributed by atoms with E-state index in [-0.39, 0.29) is 0 Å². The summed E-state index contributed by atoms with van der Waals surface area (Å²) in [4.78, 5) is 0. The van der Waals surface area contributed by atoms with Crippen LogP contribution in [0.1, 0.15) is 5.56 Å². The summed E-state index contributed by atoms with van der Waals surface area (Å²) in [5.41, 5.74) is 10.5. The average molecular weight is 224 g/mol. The van der Waals surface area contributed by atoms with Crippen LogP contribution in [0.4, 0.5) is 5.69 Å². The van der Waals surface area contributed by atoms with Gasteiger partial charge in [-0.25, -0.2) is 4.68 Å². The molecule has 0 spiro atoms. The molecule has 1 heterocycles. The van der Waals surface area contributed by atoms with Crippen molar-refractivity contribution in [2.24, 2.45) is 0 Å². The zero-order valence-electron chi connectivity index (χ0n) is 9.46. The second kappa shape index (κ2) is 3.59. The number of para-hydroxylation sites is 1. The molecule has 0 saturated heterocycles. The van der Waals surface area contributed by atoms with E-state index in [1.54, 1.807) is 0 Å². The van der Waals surface area contributed by atoms with Gasteiger partial charge in [-0.2, -0.15) is 0 Å². The van der Waals surface area contributed by atoms with E-state index in [4.69, 9.17) is 5.73 Å². The Bertz CT molecular complexity index is 685. The Labute approximate surface area is 98.7 Å². The summed E-state index contributed by atoms with van der Waals surface area (Å²) in [6.45, 7) is 2.02. The third-order valence-electron chi connectivity index (χ3n) is 2.80. The smallest absolute Gasteiger partial charge is 0.113 e. The fourth-order valence-corrected chi connectivity index (χ4v) is 1.96. The highest BCUT2D eigenvalue weighted by Crippen LogP contribution is 2.20. The number of nitrogens with two attached hydrogens (primary N) is 1. The van der Waals surface area contributed by atoms with Crippen molar-refractivity contribution in [3.63, 3.8) is 0 Å². The maximum atomic E-state index is 5.75. The Hall–Kier alpha value is -2.36. The van der Waals surface area contributed by atoms with E-state index in [0.717, 1.165) is 28.0 Å². The SMILES string of the molecule is Cc1cc(N)ccc1-n1nnc2ccccc21. The van der Waals surface area contributed by atoms with Gasteiger partial charge in [0.05, 0.1) is 11.2 Å². The van der Waals surface area contributed by atoms with E-state index >= 15 is 0 Å². The zero-order chi connectivity index (χ0) is 11.8. The first-order valence-electron chi connectivity index (χ1n) is 5.42. The van der Waals surface area contributed by atoms with Gasteiger partial charge in [-0.3, -0.25) is 0 Å². The van der Waals surface area contributed by atoms with Crippen molar-refractivity contribution in [2.45, 2.75) is 6.92 Å². The van der Waals surface area contributed by atoms with Crippen LogP contribution < -0.4 is 5.73 Å². The van der Waals surface area contributed by atoms with Crippen LogP contribution >= 0.6 is 0 Å². The third-order valence-corrected chi connectivity index (χ3v) is 2.80. The first kappa shape index (κ1) is 9.84. The van der Waals surface area contributed by atoms with Crippen molar-refractivity contribution in [1.82, 2.24) is 15.0 Å². The van der Waals surface area contributed by atoms with Gasteiger partial charge < -0.3 is 5.73 Å². The van der Waals surface area contributed by atoms with Gasteiger partial charge in [0.1, 0.15) is 5.52 Å². The van der Waals surface area contributed by atoms with Gasteiger partial charge in [0.25, 0.3) is 0 Å². The number of hydrogen-bond donors (Lipinski definition) is 1. The fraction of sp³-hybridized carbons (Fsp3) is 0.0769. The van der Waals surface area contributed by atoms with Gasteiger partial charge in [0.15, 0.2) is 0 Å². The monoisotopic (exact) mass is 224 g/mol. The van der Waals surface area contributed by atoms with Crippen LogP contribution in [-0.2, 0) is 0 Å². The maximum absolute atomic E-state index is 5.75. The van der Waals surface area contributed by atoms with Crippen LogP contribution in [0.15, 0.2) is 42.5 Å². The predicted octanol–water partition coefficient (Wildman–Crippen LogP) is 2.31. The molecule has 0 bridgehead atoms. The number of hydrogen-bond acceptors (Lipinski definition) is 3. The molecule has 2 aromatic carbocycles. The fourth-order valence-electron chi connectivity index (χ4n) is 1.96. The molecule has 0 atom stereocenters. The van der Waals surface area contributed by atoms with Crippen LogP contribution in [-0.4, -0.2) is 15.0 Å². The molecule has 2 N–H and O–H groups in total. The molecule has 0 radical (unpaired) electrons. The third kappa shape index (κ3) is 1.54. The summed E-state index contributed by atoms with van der Waals surface area (Å²) < 4.78 is 1.84. The van der Waals surface area contributed by atoms with Crippen molar-refractivity contribution in [2.75, 3.05) is 5.73 Å². The van der Waals surface area contributed by atoms with E-state index in [0.29, 0.717) is 0 Å². The molecule has 1 aromatic heterocycles. The molecule has 3 aromatic rings. The average Bonchev–Trinajstić information content (AvgIpc) is 2.73. The van der Waals surface area contributed by atoms with Gasteiger partial charge in [-0.1, -0.05) is 17.3 Å². The summed E-state index contributed by atoms with van der Waals surface area (Å²) in [5, 5.41) is 8.32. The molecular formula is C13H12N4. The highest BCUT2D eigenvalue weighted by Gasteiger charge is 2.07. The highest BCUT2D eigenvalue weighted by atomic mass is 15.4. The lowest BCUT2D eigenvalue weighted by atomic mass is 10.2. The van der Waals surface area contributed by atoms with E-state index in [1.165, 1.54) is 0 Å². The Morgan fingerprint density at radius 2 is 1.94 bits per heavy atom. The van der Waals surface area contributed by atoms with Gasteiger partial charge in [-0.15, -0.1) is 5.10 Å². The van der Waals surface area contributed by atoms with Gasteiger partial charge in [0, 0.05) is 5.69 Å². The maximum Gasteiger partial charge on any atom is 0.113 e. The summed E-state index contributed by atoms with van der Waals surface area (Å²) >= 11 is 0. The second-order valence-corrected chi connectivity index (χ2v) is 4.04. The van der Waals surface area contributed by atoms with Crippen molar-refractivity contribution < 1.29 is 0 Å². The molecule has 17 heavy (non-hydrogen) atoms. The molecule has 0 aliphatic carbocycles. The summed E-state index contributed by atoms with van der Waals surface area (Å²) in [7, 11) is 0. The molecule has 3 rings (SSSR count). The van der Waals surface area contributed by atoms with Crippen molar-refractivity contribution in [3.8, 4) is 5.69 Å². The number of nitrogens with zero attached hydrogens (tertiary/aromatic N) is 3. The number of nitrogen functional groups attached to an aromatic ring is 1. The number of anilines is 1. The van der Waals surface area contributed by atoms with Crippen LogP contribution in [0.5, 0.6) is 0 Å². The lowest BCUT2D eigenvalue weighted by Crippen LogP contribution is -2.00. The Balaban J connectivity index is 2.27. The van der Waals surface area contributed by atoms with Crippen LogP contribution in [0.25, 0.3) is 16.7 Å². The zero-order valence-corrected chi connectivity index (χ0v) is 9.46. The number of fused-ring (bicyclic) bond motifs is 1. The van der Waals surface area contributed by atoms with E-state index in [1.807, 2.05) is 54.1 Å². The Morgan fingerprint density at radius 1 is 1.12 bits per heavy atom. The Morgan fingerprint density at radius 3 is 2.76 bits per heavy atom. The summed E-state index contributed by atoms with van der Waals surface area (Å²) in [6.07, 6.45) is 0. The predicted molar refractivity (Wildman–Crippen MR) is 68.0 cm³/mol. The molecule has 84 valence electrons. The first-order chi connectivity index (χ1) is 8.25. The summed E-state index contributed by atoms with van der Waals surface area (Å²) in [5.74, 6) is 0. The van der Waals surface area contributed by atoms with E-state index in [9.17, 15) is 0 Å². The van der Waals surface area contributed by atoms with Crippen molar-refractivity contribution >= 4 is 16.7 Å². The van der Waals surface area contributed by atoms with Crippen LogP contribution in [0, 0.1) is 6.92 Å². The number of benzene rings is 2. The molecule has 0 fully saturated rings. The minimum atomic E-state index is 0.760. The normalized spacial score (nSPS) is 10.9. The highest BCUT2D eigenvalue weighted by molar-refractivity contribution is 5.76. The minimum Gasteiger partial charge on any atom is -0.399 e. The van der Waals surface area contributed by atoms with E-state index < -0.39 is 0 Å². The lowest BCUT2D eigenvalue weighted by Gasteiger charge is -2.06.